The summed E-state index contributed by atoms with van der Waals surface area (Å²) in [5, 5.41) is 8.82. The van der Waals surface area contributed by atoms with Gasteiger partial charge in [0.1, 0.15) is 6.61 Å². The number of fused-ring (bicyclic) bond motifs is 1. The topological polar surface area (TPSA) is 69.5 Å². The lowest BCUT2D eigenvalue weighted by Crippen LogP contribution is -2.43. The van der Waals surface area contributed by atoms with E-state index in [9.17, 15) is 4.79 Å². The van der Waals surface area contributed by atoms with Crippen LogP contribution in [0.1, 0.15) is 23.1 Å². The highest BCUT2D eigenvalue weighted by atomic mass is 16.6. The third kappa shape index (κ3) is 3.55. The van der Waals surface area contributed by atoms with Crippen molar-refractivity contribution in [2.75, 3.05) is 19.7 Å². The van der Waals surface area contributed by atoms with E-state index in [4.69, 9.17) is 9.47 Å². The zero-order valence-electron chi connectivity index (χ0n) is 15.9. The smallest absolute Gasteiger partial charge is 0.276 e. The van der Waals surface area contributed by atoms with Crippen molar-refractivity contribution >= 4 is 5.91 Å². The molecule has 7 heteroatoms. The van der Waals surface area contributed by atoms with Gasteiger partial charge in [0.15, 0.2) is 23.3 Å². The lowest BCUT2D eigenvalue weighted by molar-refractivity contribution is 0.0470. The van der Waals surface area contributed by atoms with Crippen molar-refractivity contribution in [1.29, 1.82) is 0 Å². The molecule has 0 fully saturated rings. The fourth-order valence-electron chi connectivity index (χ4n) is 3.16. The highest BCUT2D eigenvalue weighted by Gasteiger charge is 2.27. The number of aryl methyl sites for hydroxylation is 1. The maximum Gasteiger partial charge on any atom is 0.276 e. The van der Waals surface area contributed by atoms with Gasteiger partial charge < -0.3 is 14.4 Å². The standard InChI is InChI=1S/C21H22N4O3/c1-3-24(13-17-14-27-18-11-7-8-12-19(18)28-17)21(26)20-15(2)22-25(23-20)16-9-5-4-6-10-16/h4-12,17H,3,13-14H2,1-2H3/t17-/m0/s1. The molecule has 28 heavy (non-hydrogen) atoms. The van der Waals surface area contributed by atoms with Crippen molar-refractivity contribution in [2.45, 2.75) is 20.0 Å². The fraction of sp³-hybridized carbons (Fsp3) is 0.286. The molecule has 144 valence electrons. The molecule has 0 aliphatic carbocycles. The Balaban J connectivity index is 1.50. The van der Waals surface area contributed by atoms with Gasteiger partial charge in [-0.3, -0.25) is 4.79 Å². The minimum absolute atomic E-state index is 0.162. The molecule has 1 aromatic heterocycles. The number of likely N-dealkylation sites (N-methyl/N-ethyl adjacent to an activating group) is 1. The van der Waals surface area contributed by atoms with Crippen LogP contribution in [0.3, 0.4) is 0 Å². The summed E-state index contributed by atoms with van der Waals surface area (Å²) < 4.78 is 11.8. The minimum Gasteiger partial charge on any atom is -0.486 e. The Morgan fingerprint density at radius 1 is 1.11 bits per heavy atom. The van der Waals surface area contributed by atoms with Gasteiger partial charge in [0.25, 0.3) is 5.91 Å². The SMILES string of the molecule is CCN(C[C@H]1COc2ccccc2O1)C(=O)c1nn(-c2ccccc2)nc1C. The molecule has 1 atom stereocenters. The molecule has 7 nitrogen and oxygen atoms in total. The zero-order valence-corrected chi connectivity index (χ0v) is 15.9. The molecule has 1 amide bonds. The molecule has 4 rings (SSSR count). The minimum atomic E-state index is -0.233. The maximum absolute atomic E-state index is 13.1. The van der Waals surface area contributed by atoms with E-state index in [0.29, 0.717) is 36.8 Å². The van der Waals surface area contributed by atoms with Gasteiger partial charge in [0.05, 0.1) is 17.9 Å². The summed E-state index contributed by atoms with van der Waals surface area (Å²) in [6.07, 6.45) is -0.233. The second-order valence-electron chi connectivity index (χ2n) is 6.60. The molecule has 0 bridgehead atoms. The molecule has 0 radical (unpaired) electrons. The molecule has 2 aromatic carbocycles. The molecule has 0 saturated carbocycles. The molecule has 0 unspecified atom stereocenters. The molecule has 0 spiro atoms. The monoisotopic (exact) mass is 378 g/mol. The Kier molecular flexibility index (Phi) is 4.97. The Hall–Kier alpha value is -3.35. The molecule has 1 aliphatic rings. The van der Waals surface area contributed by atoms with Gasteiger partial charge >= 0.3 is 0 Å². The zero-order chi connectivity index (χ0) is 19.5. The number of benzene rings is 2. The van der Waals surface area contributed by atoms with Crippen molar-refractivity contribution in [2.24, 2.45) is 0 Å². The molecule has 3 aromatic rings. The summed E-state index contributed by atoms with van der Waals surface area (Å²) in [4.78, 5) is 16.3. The number of hydrogen-bond acceptors (Lipinski definition) is 5. The first-order valence-electron chi connectivity index (χ1n) is 9.33. The highest BCUT2D eigenvalue weighted by molar-refractivity contribution is 5.93. The predicted molar refractivity (Wildman–Crippen MR) is 104 cm³/mol. The van der Waals surface area contributed by atoms with E-state index in [2.05, 4.69) is 10.2 Å². The van der Waals surface area contributed by atoms with Crippen LogP contribution in [0.15, 0.2) is 54.6 Å². The van der Waals surface area contributed by atoms with E-state index in [0.717, 1.165) is 11.4 Å². The van der Waals surface area contributed by atoms with Crippen molar-refractivity contribution < 1.29 is 14.3 Å². The number of amides is 1. The molecule has 0 saturated heterocycles. The normalized spacial score (nSPS) is 15.3. The molecular weight excluding hydrogens is 356 g/mol. The van der Waals surface area contributed by atoms with E-state index in [1.807, 2.05) is 61.5 Å². The number of hydrogen-bond donors (Lipinski definition) is 0. The summed E-state index contributed by atoms with van der Waals surface area (Å²) in [5.41, 5.74) is 1.76. The van der Waals surface area contributed by atoms with E-state index < -0.39 is 0 Å². The summed E-state index contributed by atoms with van der Waals surface area (Å²) in [6, 6.07) is 17.1. The maximum atomic E-state index is 13.1. The van der Waals surface area contributed by atoms with Gasteiger partial charge in [-0.25, -0.2) is 0 Å². The van der Waals surface area contributed by atoms with Crippen LogP contribution in [0.5, 0.6) is 11.5 Å². The predicted octanol–water partition coefficient (Wildman–Crippen LogP) is 2.88. The number of aromatic nitrogens is 3. The third-order valence-electron chi connectivity index (χ3n) is 4.63. The van der Waals surface area contributed by atoms with Gasteiger partial charge in [-0.05, 0) is 38.1 Å². The second-order valence-corrected chi connectivity index (χ2v) is 6.60. The average molecular weight is 378 g/mol. The van der Waals surface area contributed by atoms with Gasteiger partial charge in [0.2, 0.25) is 0 Å². The number of carbonyl (C=O) groups is 1. The van der Waals surface area contributed by atoms with Crippen LogP contribution < -0.4 is 9.47 Å². The van der Waals surface area contributed by atoms with Gasteiger partial charge in [0, 0.05) is 6.54 Å². The fourth-order valence-corrected chi connectivity index (χ4v) is 3.16. The summed E-state index contributed by atoms with van der Waals surface area (Å²) >= 11 is 0. The van der Waals surface area contributed by atoms with Gasteiger partial charge in [-0.15, -0.1) is 5.10 Å². The number of carbonyl (C=O) groups excluding carboxylic acids is 1. The Labute approximate surface area is 163 Å². The van der Waals surface area contributed by atoms with Gasteiger partial charge in [-0.1, -0.05) is 30.3 Å². The summed E-state index contributed by atoms with van der Waals surface area (Å²) in [7, 11) is 0. The number of rotatable bonds is 5. The third-order valence-corrected chi connectivity index (χ3v) is 4.63. The van der Waals surface area contributed by atoms with Crippen LogP contribution in [0.25, 0.3) is 5.69 Å². The van der Waals surface area contributed by atoms with Crippen LogP contribution in [0.4, 0.5) is 0 Å². The van der Waals surface area contributed by atoms with Crippen molar-refractivity contribution in [3.8, 4) is 17.2 Å². The van der Waals surface area contributed by atoms with Crippen LogP contribution in [-0.2, 0) is 0 Å². The van der Waals surface area contributed by atoms with E-state index >= 15 is 0 Å². The molecule has 2 heterocycles. The second kappa shape index (κ2) is 7.72. The molecule has 0 N–H and O–H groups in total. The first-order valence-corrected chi connectivity index (χ1v) is 9.33. The number of nitrogens with zero attached hydrogens (tertiary/aromatic N) is 4. The first kappa shape index (κ1) is 18.0. The average Bonchev–Trinajstić information content (AvgIpc) is 3.13. The molecule has 1 aliphatic heterocycles. The number of ether oxygens (including phenoxy) is 2. The summed E-state index contributed by atoms with van der Waals surface area (Å²) in [5.74, 6) is 1.27. The van der Waals surface area contributed by atoms with Crippen LogP contribution >= 0.6 is 0 Å². The van der Waals surface area contributed by atoms with Crippen LogP contribution in [0.2, 0.25) is 0 Å². The van der Waals surface area contributed by atoms with E-state index in [1.54, 1.807) is 11.8 Å². The van der Waals surface area contributed by atoms with Gasteiger partial charge in [-0.2, -0.15) is 9.90 Å². The first-order chi connectivity index (χ1) is 13.7. The lowest BCUT2D eigenvalue weighted by Gasteiger charge is -2.30. The summed E-state index contributed by atoms with van der Waals surface area (Å²) in [6.45, 7) is 5.09. The van der Waals surface area contributed by atoms with Crippen molar-refractivity contribution in [3.05, 3.63) is 66.0 Å². The van der Waals surface area contributed by atoms with Crippen LogP contribution in [0, 0.1) is 6.92 Å². The largest absolute Gasteiger partial charge is 0.486 e. The van der Waals surface area contributed by atoms with Crippen LogP contribution in [-0.4, -0.2) is 51.6 Å². The Morgan fingerprint density at radius 3 is 2.57 bits per heavy atom. The molecular formula is C21H22N4O3. The quantitative estimate of drug-likeness (QED) is 0.683. The van der Waals surface area contributed by atoms with Crippen molar-refractivity contribution in [3.63, 3.8) is 0 Å². The Bertz CT molecular complexity index is 971. The van der Waals surface area contributed by atoms with E-state index in [1.165, 1.54) is 4.80 Å². The van der Waals surface area contributed by atoms with E-state index in [-0.39, 0.29) is 12.0 Å². The lowest BCUT2D eigenvalue weighted by atomic mass is 10.2. The number of para-hydroxylation sites is 3. The highest BCUT2D eigenvalue weighted by Crippen LogP contribution is 2.31. The van der Waals surface area contributed by atoms with Crippen molar-refractivity contribution in [1.82, 2.24) is 19.9 Å². The Morgan fingerprint density at radius 2 is 1.82 bits per heavy atom.